The highest BCUT2D eigenvalue weighted by Gasteiger charge is 2.35. The third kappa shape index (κ3) is 2.74. The van der Waals surface area contributed by atoms with Gasteiger partial charge in [-0.05, 0) is 37.5 Å². The summed E-state index contributed by atoms with van der Waals surface area (Å²) in [4.78, 5) is 0.379. The number of aryl methyl sites for hydroxylation is 1. The molecule has 4 heteroatoms. The van der Waals surface area contributed by atoms with Crippen molar-refractivity contribution in [3.05, 3.63) is 65.7 Å². The Balaban J connectivity index is 1.96. The molecule has 21 heavy (non-hydrogen) atoms. The van der Waals surface area contributed by atoms with Crippen LogP contribution >= 0.6 is 0 Å². The Hall–Kier alpha value is -1.65. The quantitative estimate of drug-likeness (QED) is 0.870. The maximum Gasteiger partial charge on any atom is 0.243 e. The highest BCUT2D eigenvalue weighted by molar-refractivity contribution is 7.89. The predicted molar refractivity (Wildman–Crippen MR) is 83.5 cm³/mol. The van der Waals surface area contributed by atoms with Crippen molar-refractivity contribution in [2.45, 2.75) is 30.7 Å². The molecule has 1 saturated heterocycles. The Morgan fingerprint density at radius 1 is 1.00 bits per heavy atom. The number of benzene rings is 2. The summed E-state index contributed by atoms with van der Waals surface area (Å²) in [6, 6.07) is 16.8. The molecule has 3 nitrogen and oxygen atoms in total. The van der Waals surface area contributed by atoms with Gasteiger partial charge in [0.25, 0.3) is 0 Å². The highest BCUT2D eigenvalue weighted by atomic mass is 32.2. The van der Waals surface area contributed by atoms with E-state index in [1.54, 1.807) is 28.6 Å². The normalized spacial score (nSPS) is 19.8. The van der Waals surface area contributed by atoms with E-state index in [2.05, 4.69) is 0 Å². The molecule has 110 valence electrons. The van der Waals surface area contributed by atoms with Crippen molar-refractivity contribution in [3.63, 3.8) is 0 Å². The van der Waals surface area contributed by atoms with Crippen LogP contribution in [0.25, 0.3) is 0 Å². The van der Waals surface area contributed by atoms with Crippen LogP contribution in [0.4, 0.5) is 0 Å². The van der Waals surface area contributed by atoms with Gasteiger partial charge in [0, 0.05) is 6.54 Å². The van der Waals surface area contributed by atoms with Gasteiger partial charge in [-0.15, -0.1) is 0 Å². The lowest BCUT2D eigenvalue weighted by Crippen LogP contribution is -2.30. The summed E-state index contributed by atoms with van der Waals surface area (Å²) in [6.07, 6.45) is 1.79. The molecule has 0 bridgehead atoms. The highest BCUT2D eigenvalue weighted by Crippen LogP contribution is 2.36. The summed E-state index contributed by atoms with van der Waals surface area (Å²) < 4.78 is 27.3. The second-order valence-corrected chi connectivity index (χ2v) is 7.39. The van der Waals surface area contributed by atoms with Crippen LogP contribution in [0.5, 0.6) is 0 Å². The van der Waals surface area contributed by atoms with Crippen LogP contribution in [-0.2, 0) is 10.0 Å². The Morgan fingerprint density at radius 2 is 1.67 bits per heavy atom. The summed E-state index contributed by atoms with van der Waals surface area (Å²) in [5.41, 5.74) is 2.27. The molecule has 1 heterocycles. The number of hydrogen-bond donors (Lipinski definition) is 0. The van der Waals surface area contributed by atoms with E-state index in [0.717, 1.165) is 18.4 Å². The van der Waals surface area contributed by atoms with E-state index in [9.17, 15) is 8.42 Å². The van der Waals surface area contributed by atoms with Crippen LogP contribution in [0, 0.1) is 6.92 Å². The summed E-state index contributed by atoms with van der Waals surface area (Å²) in [7, 11) is -3.41. The monoisotopic (exact) mass is 301 g/mol. The standard InChI is InChI=1S/C17H19NO2S/c1-14-9-11-15(12-10-14)17-8-5-13-18(17)21(19,20)16-6-3-2-4-7-16/h2-4,6-7,9-12,17H,5,8,13H2,1H3. The van der Waals surface area contributed by atoms with Crippen molar-refractivity contribution in [2.75, 3.05) is 6.54 Å². The van der Waals surface area contributed by atoms with Gasteiger partial charge in [-0.1, -0.05) is 48.0 Å². The maximum absolute atomic E-state index is 12.8. The fraction of sp³-hybridized carbons (Fsp3) is 0.294. The van der Waals surface area contributed by atoms with E-state index in [1.165, 1.54) is 5.56 Å². The van der Waals surface area contributed by atoms with Crippen LogP contribution < -0.4 is 0 Å². The molecule has 0 spiro atoms. The molecule has 1 fully saturated rings. The largest absolute Gasteiger partial charge is 0.243 e. The van der Waals surface area contributed by atoms with Crippen molar-refractivity contribution in [3.8, 4) is 0 Å². The molecule has 1 atom stereocenters. The van der Waals surface area contributed by atoms with E-state index in [0.29, 0.717) is 11.4 Å². The van der Waals surface area contributed by atoms with Crippen molar-refractivity contribution in [1.29, 1.82) is 0 Å². The first-order valence-electron chi connectivity index (χ1n) is 7.22. The van der Waals surface area contributed by atoms with E-state index in [1.807, 2.05) is 37.3 Å². The average molecular weight is 301 g/mol. The Kier molecular flexibility index (Phi) is 3.83. The number of hydrogen-bond acceptors (Lipinski definition) is 2. The molecule has 0 saturated carbocycles. The molecular weight excluding hydrogens is 282 g/mol. The van der Waals surface area contributed by atoms with E-state index >= 15 is 0 Å². The van der Waals surface area contributed by atoms with Gasteiger partial charge in [-0.3, -0.25) is 0 Å². The van der Waals surface area contributed by atoms with E-state index < -0.39 is 10.0 Å². The second-order valence-electron chi connectivity index (χ2n) is 5.50. The minimum atomic E-state index is -3.41. The minimum Gasteiger partial charge on any atom is -0.207 e. The van der Waals surface area contributed by atoms with Gasteiger partial charge in [0.2, 0.25) is 10.0 Å². The van der Waals surface area contributed by atoms with Crippen LogP contribution in [0.2, 0.25) is 0 Å². The van der Waals surface area contributed by atoms with Gasteiger partial charge in [-0.2, -0.15) is 4.31 Å². The Labute approximate surface area is 126 Å². The fourth-order valence-corrected chi connectivity index (χ4v) is 4.58. The molecule has 1 unspecified atom stereocenters. The Bertz CT molecular complexity index is 708. The van der Waals surface area contributed by atoms with Crippen molar-refractivity contribution in [2.24, 2.45) is 0 Å². The van der Waals surface area contributed by atoms with Gasteiger partial charge in [-0.25, -0.2) is 8.42 Å². The zero-order valence-electron chi connectivity index (χ0n) is 12.1. The molecule has 2 aromatic rings. The number of rotatable bonds is 3. The van der Waals surface area contributed by atoms with Gasteiger partial charge < -0.3 is 0 Å². The molecular formula is C17H19NO2S. The lowest BCUT2D eigenvalue weighted by atomic mass is 10.0. The molecule has 1 aliphatic heterocycles. The lowest BCUT2D eigenvalue weighted by Gasteiger charge is -2.24. The van der Waals surface area contributed by atoms with Crippen LogP contribution in [-0.4, -0.2) is 19.3 Å². The molecule has 3 rings (SSSR count). The van der Waals surface area contributed by atoms with Crippen LogP contribution in [0.15, 0.2) is 59.5 Å². The van der Waals surface area contributed by atoms with Crippen LogP contribution in [0.1, 0.15) is 30.0 Å². The SMILES string of the molecule is Cc1ccc(C2CCCN2S(=O)(=O)c2ccccc2)cc1. The van der Waals surface area contributed by atoms with Gasteiger partial charge in [0.15, 0.2) is 0 Å². The topological polar surface area (TPSA) is 37.4 Å². The summed E-state index contributed by atoms with van der Waals surface area (Å²) >= 11 is 0. The van der Waals surface area contributed by atoms with Crippen molar-refractivity contribution >= 4 is 10.0 Å². The summed E-state index contributed by atoms with van der Waals surface area (Å²) in [5, 5.41) is 0. The molecule has 0 aliphatic carbocycles. The first-order chi connectivity index (χ1) is 10.1. The third-order valence-corrected chi connectivity index (χ3v) is 5.94. The van der Waals surface area contributed by atoms with E-state index in [-0.39, 0.29) is 6.04 Å². The molecule has 0 N–H and O–H groups in total. The van der Waals surface area contributed by atoms with Crippen molar-refractivity contribution < 1.29 is 8.42 Å². The molecule has 0 aromatic heterocycles. The van der Waals surface area contributed by atoms with Gasteiger partial charge in [0.1, 0.15) is 0 Å². The molecule has 2 aromatic carbocycles. The fourth-order valence-electron chi connectivity index (χ4n) is 2.88. The molecule has 0 radical (unpaired) electrons. The maximum atomic E-state index is 12.8. The Morgan fingerprint density at radius 3 is 2.33 bits per heavy atom. The summed E-state index contributed by atoms with van der Waals surface area (Å²) in [5.74, 6) is 0. The molecule has 1 aliphatic rings. The number of sulfonamides is 1. The zero-order chi connectivity index (χ0) is 14.9. The first kappa shape index (κ1) is 14.3. The molecule has 0 amide bonds. The second kappa shape index (κ2) is 5.62. The zero-order valence-corrected chi connectivity index (χ0v) is 12.9. The van der Waals surface area contributed by atoms with Gasteiger partial charge >= 0.3 is 0 Å². The average Bonchev–Trinajstić information content (AvgIpc) is 2.99. The van der Waals surface area contributed by atoms with Crippen LogP contribution in [0.3, 0.4) is 0 Å². The smallest absolute Gasteiger partial charge is 0.207 e. The van der Waals surface area contributed by atoms with Gasteiger partial charge in [0.05, 0.1) is 10.9 Å². The number of nitrogens with zero attached hydrogens (tertiary/aromatic N) is 1. The minimum absolute atomic E-state index is 0.0455. The summed E-state index contributed by atoms with van der Waals surface area (Å²) in [6.45, 7) is 2.63. The predicted octanol–water partition coefficient (Wildman–Crippen LogP) is 3.52. The third-order valence-electron chi connectivity index (χ3n) is 4.02. The lowest BCUT2D eigenvalue weighted by molar-refractivity contribution is 0.396. The van der Waals surface area contributed by atoms with Crippen molar-refractivity contribution in [1.82, 2.24) is 4.31 Å². The van der Waals surface area contributed by atoms with E-state index in [4.69, 9.17) is 0 Å². The first-order valence-corrected chi connectivity index (χ1v) is 8.66.